The number of benzene rings is 2. The van der Waals surface area contributed by atoms with Crippen LogP contribution in [0.15, 0.2) is 47.1 Å². The molecular formula is C20H18BrFN4. The lowest BCUT2D eigenvalue weighted by atomic mass is 10.1. The number of H-pyrrole nitrogens is 1. The third kappa shape index (κ3) is 3.78. The largest absolute Gasteiger partial charge is 0.327 e. The van der Waals surface area contributed by atoms with Crippen LogP contribution in [0.25, 0.3) is 0 Å². The van der Waals surface area contributed by atoms with Crippen molar-refractivity contribution in [2.45, 2.75) is 26.8 Å². The van der Waals surface area contributed by atoms with E-state index in [1.54, 1.807) is 18.2 Å². The lowest BCUT2D eigenvalue weighted by molar-refractivity contribution is 0.608. The molecule has 0 radical (unpaired) electrons. The van der Waals surface area contributed by atoms with Crippen molar-refractivity contribution in [1.29, 1.82) is 5.26 Å². The van der Waals surface area contributed by atoms with Gasteiger partial charge < -0.3 is 9.88 Å². The number of hydrogen-bond acceptors (Lipinski definition) is 3. The van der Waals surface area contributed by atoms with E-state index < -0.39 is 0 Å². The Labute approximate surface area is 160 Å². The molecular weight excluding hydrogens is 395 g/mol. The number of halogens is 2. The van der Waals surface area contributed by atoms with Crippen molar-refractivity contribution in [3.05, 3.63) is 75.3 Å². The SMILES string of the molecule is CCc1ccc(F)c(CN(c2ccc(C#N)cc2)c2nc(Br)c(C)[nH]2)c1. The molecule has 0 amide bonds. The predicted molar refractivity (Wildman–Crippen MR) is 104 cm³/mol. The van der Waals surface area contributed by atoms with E-state index in [0.717, 1.165) is 23.4 Å². The molecule has 0 aliphatic rings. The minimum Gasteiger partial charge on any atom is -0.327 e. The van der Waals surface area contributed by atoms with Gasteiger partial charge in [-0.3, -0.25) is 0 Å². The number of aromatic nitrogens is 2. The Morgan fingerprint density at radius 2 is 1.96 bits per heavy atom. The first-order chi connectivity index (χ1) is 12.5. The van der Waals surface area contributed by atoms with E-state index in [2.05, 4.69) is 32.0 Å². The lowest BCUT2D eigenvalue weighted by Crippen LogP contribution is -2.19. The number of imidazole rings is 1. The highest BCUT2D eigenvalue weighted by Gasteiger charge is 2.17. The van der Waals surface area contributed by atoms with Crippen molar-refractivity contribution in [3.63, 3.8) is 0 Å². The van der Waals surface area contributed by atoms with Gasteiger partial charge in [0.1, 0.15) is 10.4 Å². The third-order valence-electron chi connectivity index (χ3n) is 4.22. The van der Waals surface area contributed by atoms with Crippen LogP contribution in [0.1, 0.15) is 29.3 Å². The molecule has 0 bridgehead atoms. The summed E-state index contributed by atoms with van der Waals surface area (Å²) in [7, 11) is 0. The predicted octanol–water partition coefficient (Wildman–Crippen LogP) is 5.39. The van der Waals surface area contributed by atoms with Gasteiger partial charge in [-0.05, 0) is 65.2 Å². The lowest BCUT2D eigenvalue weighted by Gasteiger charge is -2.23. The Bertz CT molecular complexity index is 937. The number of rotatable bonds is 5. The topological polar surface area (TPSA) is 55.7 Å². The summed E-state index contributed by atoms with van der Waals surface area (Å²) in [4.78, 5) is 9.62. The van der Waals surface area contributed by atoms with E-state index in [9.17, 15) is 4.39 Å². The maximum atomic E-state index is 14.4. The highest BCUT2D eigenvalue weighted by Crippen LogP contribution is 2.29. The average Bonchev–Trinajstić information content (AvgIpc) is 2.99. The van der Waals surface area contributed by atoms with Crippen LogP contribution in [0.3, 0.4) is 0 Å². The molecule has 4 nitrogen and oxygen atoms in total. The smallest absolute Gasteiger partial charge is 0.208 e. The van der Waals surface area contributed by atoms with Crippen molar-refractivity contribution >= 4 is 27.6 Å². The fourth-order valence-electron chi connectivity index (χ4n) is 2.70. The van der Waals surface area contributed by atoms with Gasteiger partial charge in [0, 0.05) is 16.9 Å². The third-order valence-corrected chi connectivity index (χ3v) is 5.00. The molecule has 3 rings (SSSR count). The van der Waals surface area contributed by atoms with E-state index in [-0.39, 0.29) is 5.82 Å². The van der Waals surface area contributed by atoms with Crippen LogP contribution >= 0.6 is 15.9 Å². The zero-order valence-electron chi connectivity index (χ0n) is 14.6. The normalized spacial score (nSPS) is 10.6. The maximum absolute atomic E-state index is 14.4. The van der Waals surface area contributed by atoms with Crippen LogP contribution in [-0.4, -0.2) is 9.97 Å². The van der Waals surface area contributed by atoms with Gasteiger partial charge in [-0.1, -0.05) is 19.1 Å². The van der Waals surface area contributed by atoms with E-state index in [1.807, 2.05) is 36.9 Å². The van der Waals surface area contributed by atoms with Gasteiger partial charge in [0.05, 0.1) is 18.2 Å². The molecule has 0 aliphatic carbocycles. The number of aromatic amines is 1. The monoisotopic (exact) mass is 412 g/mol. The highest BCUT2D eigenvalue weighted by molar-refractivity contribution is 9.10. The summed E-state index contributed by atoms with van der Waals surface area (Å²) in [5.74, 6) is 0.364. The Balaban J connectivity index is 2.04. The van der Waals surface area contributed by atoms with Crippen LogP contribution < -0.4 is 4.90 Å². The van der Waals surface area contributed by atoms with Gasteiger partial charge in [0.25, 0.3) is 0 Å². The molecule has 132 valence electrons. The number of nitrogens with one attached hydrogen (secondary N) is 1. The molecule has 26 heavy (non-hydrogen) atoms. The van der Waals surface area contributed by atoms with Crippen LogP contribution in [-0.2, 0) is 13.0 Å². The molecule has 0 spiro atoms. The zero-order valence-corrected chi connectivity index (χ0v) is 16.1. The molecule has 1 N–H and O–H groups in total. The number of hydrogen-bond donors (Lipinski definition) is 1. The van der Waals surface area contributed by atoms with Gasteiger partial charge in [-0.15, -0.1) is 0 Å². The first-order valence-corrected chi connectivity index (χ1v) is 9.08. The molecule has 2 aromatic carbocycles. The highest BCUT2D eigenvalue weighted by atomic mass is 79.9. The quantitative estimate of drug-likeness (QED) is 0.610. The number of aryl methyl sites for hydroxylation is 2. The summed E-state index contributed by atoms with van der Waals surface area (Å²) in [5, 5.41) is 9.02. The molecule has 0 saturated carbocycles. The van der Waals surface area contributed by atoms with Crippen LogP contribution in [0.2, 0.25) is 0 Å². The van der Waals surface area contributed by atoms with Crippen molar-refractivity contribution in [2.24, 2.45) is 0 Å². The molecule has 0 fully saturated rings. The second-order valence-electron chi connectivity index (χ2n) is 6.00. The Morgan fingerprint density at radius 3 is 2.54 bits per heavy atom. The number of nitriles is 1. The summed E-state index contributed by atoms with van der Waals surface area (Å²) < 4.78 is 15.1. The minimum absolute atomic E-state index is 0.247. The van der Waals surface area contributed by atoms with Crippen LogP contribution in [0.4, 0.5) is 16.0 Å². The second kappa shape index (κ2) is 7.71. The van der Waals surface area contributed by atoms with Crippen LogP contribution in [0.5, 0.6) is 0 Å². The second-order valence-corrected chi connectivity index (χ2v) is 6.75. The summed E-state index contributed by atoms with van der Waals surface area (Å²) in [5.41, 5.74) is 3.97. The number of anilines is 2. The molecule has 0 saturated heterocycles. The van der Waals surface area contributed by atoms with E-state index >= 15 is 0 Å². The van der Waals surface area contributed by atoms with Gasteiger partial charge in [0.2, 0.25) is 5.95 Å². The van der Waals surface area contributed by atoms with E-state index in [4.69, 9.17) is 5.26 Å². The first kappa shape index (κ1) is 18.2. The van der Waals surface area contributed by atoms with Crippen molar-refractivity contribution in [3.8, 4) is 6.07 Å². The molecule has 0 unspecified atom stereocenters. The van der Waals surface area contributed by atoms with Crippen molar-refractivity contribution < 1.29 is 4.39 Å². The molecule has 0 aliphatic heterocycles. The zero-order chi connectivity index (χ0) is 18.7. The summed E-state index contributed by atoms with van der Waals surface area (Å²) in [6.07, 6.45) is 0.843. The van der Waals surface area contributed by atoms with Crippen LogP contribution in [0, 0.1) is 24.1 Å². The van der Waals surface area contributed by atoms with E-state index in [0.29, 0.717) is 28.2 Å². The Hall–Kier alpha value is -2.65. The van der Waals surface area contributed by atoms with Gasteiger partial charge in [-0.2, -0.15) is 5.26 Å². The standard InChI is InChI=1S/C20H18BrFN4/c1-3-14-6-9-18(22)16(10-14)12-26(20-24-13(2)19(21)25-20)17-7-4-15(11-23)5-8-17/h4-10H,3,12H2,1-2H3,(H,24,25). The molecule has 1 aromatic heterocycles. The fourth-order valence-corrected chi connectivity index (χ4v) is 2.96. The first-order valence-electron chi connectivity index (χ1n) is 8.29. The molecule has 0 atom stereocenters. The number of nitrogens with zero attached hydrogens (tertiary/aromatic N) is 3. The van der Waals surface area contributed by atoms with E-state index in [1.165, 1.54) is 6.07 Å². The van der Waals surface area contributed by atoms with Gasteiger partial charge >= 0.3 is 0 Å². The molecule has 6 heteroatoms. The van der Waals surface area contributed by atoms with Gasteiger partial charge in [-0.25, -0.2) is 9.37 Å². The fraction of sp³-hybridized carbons (Fsp3) is 0.200. The molecule has 1 heterocycles. The van der Waals surface area contributed by atoms with Crippen molar-refractivity contribution in [1.82, 2.24) is 9.97 Å². The van der Waals surface area contributed by atoms with Gasteiger partial charge in [0.15, 0.2) is 0 Å². The van der Waals surface area contributed by atoms with Crippen molar-refractivity contribution in [2.75, 3.05) is 4.90 Å². The average molecular weight is 413 g/mol. The summed E-state index contributed by atoms with van der Waals surface area (Å²) in [6.45, 7) is 4.28. The Morgan fingerprint density at radius 1 is 1.23 bits per heavy atom. The summed E-state index contributed by atoms with van der Waals surface area (Å²) >= 11 is 3.42. The molecule has 3 aromatic rings. The Kier molecular flexibility index (Phi) is 5.38. The summed E-state index contributed by atoms with van der Waals surface area (Å²) in [6, 6.07) is 14.5. The minimum atomic E-state index is -0.247. The maximum Gasteiger partial charge on any atom is 0.208 e.